The summed E-state index contributed by atoms with van der Waals surface area (Å²) in [7, 11) is 0. The summed E-state index contributed by atoms with van der Waals surface area (Å²) in [5.41, 5.74) is 5.29. The summed E-state index contributed by atoms with van der Waals surface area (Å²) < 4.78 is 13.9. The van der Waals surface area contributed by atoms with E-state index in [9.17, 15) is 23.6 Å². The van der Waals surface area contributed by atoms with Crippen molar-refractivity contribution in [1.82, 2.24) is 4.90 Å². The maximum absolute atomic E-state index is 13.9. The van der Waals surface area contributed by atoms with Gasteiger partial charge in [-0.1, -0.05) is 12.8 Å². The first-order valence-corrected chi connectivity index (χ1v) is 8.54. The molecule has 8 heteroatoms. The zero-order valence-corrected chi connectivity index (χ0v) is 14.4. The van der Waals surface area contributed by atoms with Gasteiger partial charge >= 0.3 is 0 Å². The predicted molar refractivity (Wildman–Crippen MR) is 90.5 cm³/mol. The van der Waals surface area contributed by atoms with E-state index in [0.29, 0.717) is 12.8 Å². The van der Waals surface area contributed by atoms with E-state index in [0.717, 1.165) is 23.8 Å². The van der Waals surface area contributed by atoms with E-state index >= 15 is 0 Å². The first-order chi connectivity index (χ1) is 12.3. The maximum atomic E-state index is 13.9. The maximum Gasteiger partial charge on any atom is 0.248 e. The lowest BCUT2D eigenvalue weighted by Crippen LogP contribution is -2.38. The van der Waals surface area contributed by atoms with E-state index in [4.69, 9.17) is 5.73 Å². The normalized spacial score (nSPS) is 22.3. The number of nitrogens with zero attached hydrogens (tertiary/aromatic N) is 1. The zero-order valence-electron chi connectivity index (χ0n) is 14.4. The predicted octanol–water partition coefficient (Wildman–Crippen LogP) is 1.35. The molecule has 3 rings (SSSR count). The van der Waals surface area contributed by atoms with Crippen molar-refractivity contribution in [3.05, 3.63) is 29.1 Å². The number of hydrogen-bond acceptors (Lipinski definition) is 4. The van der Waals surface area contributed by atoms with E-state index < -0.39 is 24.2 Å². The average molecular weight is 361 g/mol. The van der Waals surface area contributed by atoms with Crippen molar-refractivity contribution < 1.29 is 23.6 Å². The molecule has 1 aromatic carbocycles. The SMILES string of the molecule is Cc1c(F)cc(C(N)=O)cc1NC(=O)CN1C(=O)C2CCCCC2C1=O. The summed E-state index contributed by atoms with van der Waals surface area (Å²) in [6.07, 6.45) is 3.13. The lowest BCUT2D eigenvalue weighted by atomic mass is 9.81. The Morgan fingerprint density at radius 1 is 1.19 bits per heavy atom. The summed E-state index contributed by atoms with van der Waals surface area (Å²) in [6, 6.07) is 2.26. The van der Waals surface area contributed by atoms with E-state index in [1.54, 1.807) is 0 Å². The molecule has 7 nitrogen and oxygen atoms in total. The van der Waals surface area contributed by atoms with Crippen molar-refractivity contribution in [2.45, 2.75) is 32.6 Å². The minimum absolute atomic E-state index is 0.0808. The van der Waals surface area contributed by atoms with Gasteiger partial charge in [-0.2, -0.15) is 0 Å². The number of carbonyl (C=O) groups excluding carboxylic acids is 4. The van der Waals surface area contributed by atoms with Crippen LogP contribution >= 0.6 is 0 Å². The second kappa shape index (κ2) is 6.86. The molecule has 4 amide bonds. The molecule has 3 N–H and O–H groups in total. The molecule has 1 aliphatic carbocycles. The Labute approximate surface area is 149 Å². The number of hydrogen-bond donors (Lipinski definition) is 2. The van der Waals surface area contributed by atoms with Crippen LogP contribution in [0, 0.1) is 24.6 Å². The highest BCUT2D eigenvalue weighted by atomic mass is 19.1. The molecule has 0 bridgehead atoms. The number of amides is 4. The van der Waals surface area contributed by atoms with Gasteiger partial charge < -0.3 is 11.1 Å². The molecular formula is C18H20FN3O4. The van der Waals surface area contributed by atoms with Crippen molar-refractivity contribution >= 4 is 29.3 Å². The van der Waals surface area contributed by atoms with Crippen molar-refractivity contribution in [3.8, 4) is 0 Å². The number of likely N-dealkylation sites (tertiary alicyclic amines) is 1. The summed E-state index contributed by atoms with van der Waals surface area (Å²) in [4.78, 5) is 49.4. The zero-order chi connectivity index (χ0) is 19.0. The molecule has 1 saturated heterocycles. The number of nitrogens with two attached hydrogens (primary N) is 1. The number of rotatable bonds is 4. The highest BCUT2D eigenvalue weighted by molar-refractivity contribution is 6.09. The van der Waals surface area contributed by atoms with Crippen LogP contribution in [0.15, 0.2) is 12.1 Å². The molecule has 1 aromatic rings. The lowest BCUT2D eigenvalue weighted by molar-refractivity contribution is -0.142. The molecule has 2 unspecified atom stereocenters. The number of primary amides is 1. The summed E-state index contributed by atoms with van der Waals surface area (Å²) in [5, 5.41) is 2.46. The van der Waals surface area contributed by atoms with Crippen LogP contribution in [-0.4, -0.2) is 35.1 Å². The fourth-order valence-electron chi connectivity index (χ4n) is 3.67. The van der Waals surface area contributed by atoms with Gasteiger partial charge in [0.25, 0.3) is 0 Å². The largest absolute Gasteiger partial charge is 0.366 e. The van der Waals surface area contributed by atoms with Gasteiger partial charge in [-0.05, 0) is 31.9 Å². The van der Waals surface area contributed by atoms with E-state index in [2.05, 4.69) is 5.32 Å². The highest BCUT2D eigenvalue weighted by Gasteiger charge is 2.48. The second-order valence-corrected chi connectivity index (χ2v) is 6.80. The van der Waals surface area contributed by atoms with Gasteiger partial charge in [0.1, 0.15) is 12.4 Å². The smallest absolute Gasteiger partial charge is 0.248 e. The van der Waals surface area contributed by atoms with Crippen LogP contribution in [0.4, 0.5) is 10.1 Å². The minimum Gasteiger partial charge on any atom is -0.366 e. The van der Waals surface area contributed by atoms with Gasteiger partial charge in [0.2, 0.25) is 23.6 Å². The van der Waals surface area contributed by atoms with Crippen LogP contribution in [0.5, 0.6) is 0 Å². The van der Waals surface area contributed by atoms with E-state index in [1.165, 1.54) is 13.0 Å². The van der Waals surface area contributed by atoms with Crippen LogP contribution in [-0.2, 0) is 14.4 Å². The third-order valence-corrected chi connectivity index (χ3v) is 5.14. The molecule has 0 aromatic heterocycles. The number of anilines is 1. The van der Waals surface area contributed by atoms with Crippen molar-refractivity contribution in [2.75, 3.05) is 11.9 Å². The van der Waals surface area contributed by atoms with E-state index in [1.807, 2.05) is 0 Å². The molecule has 138 valence electrons. The molecule has 2 fully saturated rings. The lowest BCUT2D eigenvalue weighted by Gasteiger charge is -2.19. The van der Waals surface area contributed by atoms with E-state index in [-0.39, 0.29) is 40.5 Å². The Bertz CT molecular complexity index is 784. The van der Waals surface area contributed by atoms with Crippen LogP contribution < -0.4 is 11.1 Å². The Morgan fingerprint density at radius 3 is 2.31 bits per heavy atom. The third kappa shape index (κ3) is 3.18. The number of carbonyl (C=O) groups is 4. The Kier molecular flexibility index (Phi) is 4.76. The van der Waals surface area contributed by atoms with Gasteiger partial charge in [0, 0.05) is 16.8 Å². The molecule has 26 heavy (non-hydrogen) atoms. The topological polar surface area (TPSA) is 110 Å². The Balaban J connectivity index is 1.74. The summed E-state index contributed by atoms with van der Waals surface area (Å²) in [6.45, 7) is 1.02. The molecule has 0 radical (unpaired) electrons. The van der Waals surface area contributed by atoms with Crippen molar-refractivity contribution in [1.29, 1.82) is 0 Å². The average Bonchev–Trinajstić information content (AvgIpc) is 2.84. The van der Waals surface area contributed by atoms with Gasteiger partial charge in [-0.25, -0.2) is 4.39 Å². The molecule has 0 spiro atoms. The molecule has 2 atom stereocenters. The molecular weight excluding hydrogens is 341 g/mol. The van der Waals surface area contributed by atoms with Gasteiger partial charge in [0.15, 0.2) is 0 Å². The second-order valence-electron chi connectivity index (χ2n) is 6.80. The van der Waals surface area contributed by atoms with Gasteiger partial charge in [-0.15, -0.1) is 0 Å². The van der Waals surface area contributed by atoms with Crippen molar-refractivity contribution in [2.24, 2.45) is 17.6 Å². The quantitative estimate of drug-likeness (QED) is 0.789. The van der Waals surface area contributed by atoms with Crippen LogP contribution in [0.2, 0.25) is 0 Å². The monoisotopic (exact) mass is 361 g/mol. The molecule has 1 aliphatic heterocycles. The number of halogens is 1. The summed E-state index contributed by atoms with van der Waals surface area (Å²) >= 11 is 0. The minimum atomic E-state index is -0.826. The first-order valence-electron chi connectivity index (χ1n) is 8.54. The summed E-state index contributed by atoms with van der Waals surface area (Å²) in [5.74, 6) is -3.44. The fraction of sp³-hybridized carbons (Fsp3) is 0.444. The molecule has 2 aliphatic rings. The fourth-order valence-corrected chi connectivity index (χ4v) is 3.67. The highest BCUT2D eigenvalue weighted by Crippen LogP contribution is 2.37. The molecule has 1 saturated carbocycles. The number of benzene rings is 1. The van der Waals surface area contributed by atoms with Crippen LogP contribution in [0.3, 0.4) is 0 Å². The Morgan fingerprint density at radius 2 is 1.77 bits per heavy atom. The molecule has 1 heterocycles. The van der Waals surface area contributed by atoms with Crippen LogP contribution in [0.25, 0.3) is 0 Å². The standard InChI is InChI=1S/C18H20FN3O4/c1-9-13(19)6-10(16(20)24)7-14(9)21-15(23)8-22-17(25)11-4-2-3-5-12(11)18(22)26/h6-7,11-12H,2-5,8H2,1H3,(H2,20,24)(H,21,23). The first kappa shape index (κ1) is 18.0. The number of imide groups is 1. The van der Waals surface area contributed by atoms with Gasteiger partial charge in [-0.3, -0.25) is 24.1 Å². The van der Waals surface area contributed by atoms with Crippen LogP contribution in [0.1, 0.15) is 41.6 Å². The Hall–Kier alpha value is -2.77. The van der Waals surface area contributed by atoms with Crippen molar-refractivity contribution in [3.63, 3.8) is 0 Å². The number of nitrogens with one attached hydrogen (secondary N) is 1. The number of fused-ring (bicyclic) bond motifs is 1. The van der Waals surface area contributed by atoms with Gasteiger partial charge in [0.05, 0.1) is 11.8 Å². The third-order valence-electron chi connectivity index (χ3n) is 5.14.